The molecule has 2 aromatic rings. The summed E-state index contributed by atoms with van der Waals surface area (Å²) in [5, 5.41) is 3.42. The van der Waals surface area contributed by atoms with Crippen LogP contribution in [0.4, 0.5) is 0 Å². The maximum atomic E-state index is 12.7. The van der Waals surface area contributed by atoms with Gasteiger partial charge in [0.25, 0.3) is 5.91 Å². The Hall–Kier alpha value is -2.24. The number of benzene rings is 2. The van der Waals surface area contributed by atoms with E-state index in [-0.39, 0.29) is 25.0 Å². The van der Waals surface area contributed by atoms with Gasteiger partial charge in [0.15, 0.2) is 6.61 Å². The number of likely N-dealkylation sites (N-methyl/N-ethyl adjacent to an activating group) is 1. The average molecular weight is 395 g/mol. The van der Waals surface area contributed by atoms with Crippen LogP contribution in [0.5, 0.6) is 5.75 Å². The molecule has 0 radical (unpaired) electrons. The van der Waals surface area contributed by atoms with Gasteiger partial charge < -0.3 is 15.0 Å². The van der Waals surface area contributed by atoms with Crippen molar-refractivity contribution in [3.8, 4) is 5.75 Å². The Morgan fingerprint density at radius 1 is 1.08 bits per heavy atom. The third-order valence-corrected chi connectivity index (χ3v) is 4.62. The van der Waals surface area contributed by atoms with Crippen LogP contribution in [0.25, 0.3) is 0 Å². The maximum Gasteiger partial charge on any atom is 0.261 e. The second-order valence-corrected chi connectivity index (χ2v) is 6.43. The Balaban J connectivity index is 2.20. The van der Waals surface area contributed by atoms with Gasteiger partial charge in [-0.15, -0.1) is 0 Å². The maximum absolute atomic E-state index is 12.7. The number of para-hydroxylation sites is 1. The molecule has 1 atom stereocenters. The van der Waals surface area contributed by atoms with Gasteiger partial charge >= 0.3 is 0 Å². The zero-order chi connectivity index (χ0) is 19.1. The SMILES string of the molecule is CNC(=O)[C@@H](C)N(Cc1c(Cl)cccc1Cl)C(=O)COc1ccccc1. The Kier molecular flexibility index (Phi) is 7.30. The first-order valence-electron chi connectivity index (χ1n) is 8.05. The molecule has 138 valence electrons. The molecule has 0 aromatic heterocycles. The van der Waals surface area contributed by atoms with Gasteiger partial charge in [0.1, 0.15) is 11.8 Å². The number of hydrogen-bond donors (Lipinski definition) is 1. The number of amides is 2. The van der Waals surface area contributed by atoms with Gasteiger partial charge in [-0.1, -0.05) is 47.5 Å². The van der Waals surface area contributed by atoms with Crippen LogP contribution in [0, 0.1) is 0 Å². The minimum absolute atomic E-state index is 0.101. The molecule has 0 unspecified atom stereocenters. The van der Waals surface area contributed by atoms with E-state index >= 15 is 0 Å². The Morgan fingerprint density at radius 3 is 2.27 bits per heavy atom. The van der Waals surface area contributed by atoms with Gasteiger partial charge in [-0.2, -0.15) is 0 Å². The largest absolute Gasteiger partial charge is 0.484 e. The smallest absolute Gasteiger partial charge is 0.261 e. The fraction of sp³-hybridized carbons (Fsp3) is 0.263. The van der Waals surface area contributed by atoms with Crippen molar-refractivity contribution in [3.05, 3.63) is 64.1 Å². The van der Waals surface area contributed by atoms with Crippen molar-refractivity contribution in [1.29, 1.82) is 0 Å². The fourth-order valence-corrected chi connectivity index (χ4v) is 2.91. The molecule has 0 spiro atoms. The molecule has 0 aliphatic carbocycles. The van der Waals surface area contributed by atoms with Crippen LogP contribution < -0.4 is 10.1 Å². The average Bonchev–Trinajstić information content (AvgIpc) is 2.65. The van der Waals surface area contributed by atoms with E-state index in [1.54, 1.807) is 37.3 Å². The summed E-state index contributed by atoms with van der Waals surface area (Å²) < 4.78 is 5.52. The van der Waals surface area contributed by atoms with Crippen molar-refractivity contribution in [3.63, 3.8) is 0 Å². The number of rotatable bonds is 7. The monoisotopic (exact) mass is 394 g/mol. The molecule has 2 aromatic carbocycles. The van der Waals surface area contributed by atoms with Crippen LogP contribution in [0.3, 0.4) is 0 Å². The molecule has 0 saturated carbocycles. The second kappa shape index (κ2) is 9.46. The molecule has 7 heteroatoms. The van der Waals surface area contributed by atoms with E-state index in [1.807, 2.05) is 18.2 Å². The topological polar surface area (TPSA) is 58.6 Å². The van der Waals surface area contributed by atoms with E-state index in [9.17, 15) is 9.59 Å². The Morgan fingerprint density at radius 2 is 1.69 bits per heavy atom. The van der Waals surface area contributed by atoms with Gasteiger partial charge in [0.2, 0.25) is 5.91 Å². The first-order chi connectivity index (χ1) is 12.4. The van der Waals surface area contributed by atoms with Crippen LogP contribution in [0.15, 0.2) is 48.5 Å². The summed E-state index contributed by atoms with van der Waals surface area (Å²) in [4.78, 5) is 26.2. The van der Waals surface area contributed by atoms with Gasteiger partial charge in [-0.25, -0.2) is 0 Å². The van der Waals surface area contributed by atoms with Crippen molar-refractivity contribution in [2.24, 2.45) is 0 Å². The fourth-order valence-electron chi connectivity index (χ4n) is 2.39. The van der Waals surface area contributed by atoms with Crippen LogP contribution in [-0.4, -0.2) is 36.4 Å². The van der Waals surface area contributed by atoms with Crippen molar-refractivity contribution < 1.29 is 14.3 Å². The zero-order valence-electron chi connectivity index (χ0n) is 14.5. The molecule has 0 aliphatic rings. The molecule has 0 bridgehead atoms. The lowest BCUT2D eigenvalue weighted by atomic mass is 10.1. The third-order valence-electron chi connectivity index (χ3n) is 3.91. The normalized spacial score (nSPS) is 11.5. The van der Waals surface area contributed by atoms with Gasteiger partial charge in [0.05, 0.1) is 0 Å². The molecular formula is C19H20Cl2N2O3. The van der Waals surface area contributed by atoms with E-state index in [4.69, 9.17) is 27.9 Å². The first-order valence-corrected chi connectivity index (χ1v) is 8.81. The highest BCUT2D eigenvalue weighted by atomic mass is 35.5. The van der Waals surface area contributed by atoms with Crippen molar-refractivity contribution in [1.82, 2.24) is 10.2 Å². The molecule has 1 N–H and O–H groups in total. The van der Waals surface area contributed by atoms with E-state index < -0.39 is 6.04 Å². The number of carbonyl (C=O) groups is 2. The molecule has 2 rings (SSSR count). The van der Waals surface area contributed by atoms with Gasteiger partial charge in [-0.3, -0.25) is 9.59 Å². The number of ether oxygens (including phenoxy) is 1. The van der Waals surface area contributed by atoms with E-state index in [2.05, 4.69) is 5.32 Å². The van der Waals surface area contributed by atoms with E-state index in [0.29, 0.717) is 21.4 Å². The minimum Gasteiger partial charge on any atom is -0.484 e. The molecule has 0 aliphatic heterocycles. The number of nitrogens with zero attached hydrogens (tertiary/aromatic N) is 1. The molecule has 0 fully saturated rings. The summed E-state index contributed by atoms with van der Waals surface area (Å²) in [6.45, 7) is 1.54. The third kappa shape index (κ3) is 5.13. The van der Waals surface area contributed by atoms with Gasteiger partial charge in [-0.05, 0) is 31.2 Å². The van der Waals surface area contributed by atoms with Crippen LogP contribution >= 0.6 is 23.2 Å². The second-order valence-electron chi connectivity index (χ2n) is 5.61. The van der Waals surface area contributed by atoms with Gasteiger partial charge in [0, 0.05) is 29.2 Å². The molecule has 0 heterocycles. The van der Waals surface area contributed by atoms with Crippen LogP contribution in [0.1, 0.15) is 12.5 Å². The van der Waals surface area contributed by atoms with Crippen molar-refractivity contribution in [2.75, 3.05) is 13.7 Å². The lowest BCUT2D eigenvalue weighted by Crippen LogP contribution is -2.48. The zero-order valence-corrected chi connectivity index (χ0v) is 16.1. The Labute approximate surface area is 162 Å². The number of nitrogens with one attached hydrogen (secondary N) is 1. The predicted octanol–water partition coefficient (Wildman–Crippen LogP) is 3.54. The van der Waals surface area contributed by atoms with Crippen molar-refractivity contribution >= 4 is 35.0 Å². The molecular weight excluding hydrogens is 375 g/mol. The quantitative estimate of drug-likeness (QED) is 0.780. The highest BCUT2D eigenvalue weighted by molar-refractivity contribution is 6.36. The minimum atomic E-state index is -0.709. The summed E-state index contributed by atoms with van der Waals surface area (Å²) in [6, 6.07) is 13.4. The molecule has 2 amide bonds. The highest BCUT2D eigenvalue weighted by Crippen LogP contribution is 2.26. The summed E-state index contributed by atoms with van der Waals surface area (Å²) in [5.41, 5.74) is 0.583. The molecule has 5 nitrogen and oxygen atoms in total. The lowest BCUT2D eigenvalue weighted by Gasteiger charge is -2.29. The number of carbonyl (C=O) groups excluding carboxylic acids is 2. The molecule has 26 heavy (non-hydrogen) atoms. The summed E-state index contributed by atoms with van der Waals surface area (Å²) in [5.74, 6) is -0.0636. The number of hydrogen-bond acceptors (Lipinski definition) is 3. The van der Waals surface area contributed by atoms with Crippen LogP contribution in [-0.2, 0) is 16.1 Å². The standard InChI is InChI=1S/C19H20Cl2N2O3/c1-13(19(25)22-2)23(11-15-16(20)9-6-10-17(15)21)18(24)12-26-14-7-4-3-5-8-14/h3-10,13H,11-12H2,1-2H3,(H,22,25)/t13-/m1/s1. The molecule has 0 saturated heterocycles. The first kappa shape index (κ1) is 20.1. The van der Waals surface area contributed by atoms with E-state index in [0.717, 1.165) is 0 Å². The summed E-state index contributed by atoms with van der Waals surface area (Å²) >= 11 is 12.4. The highest BCUT2D eigenvalue weighted by Gasteiger charge is 2.27. The van der Waals surface area contributed by atoms with E-state index in [1.165, 1.54) is 11.9 Å². The van der Waals surface area contributed by atoms with Crippen LogP contribution in [0.2, 0.25) is 10.0 Å². The summed E-state index contributed by atoms with van der Waals surface area (Å²) in [6.07, 6.45) is 0. The number of halogens is 2. The Bertz CT molecular complexity index is 748. The lowest BCUT2D eigenvalue weighted by molar-refractivity contribution is -0.142. The predicted molar refractivity (Wildman–Crippen MR) is 102 cm³/mol. The van der Waals surface area contributed by atoms with Crippen molar-refractivity contribution in [2.45, 2.75) is 19.5 Å². The summed E-state index contributed by atoms with van der Waals surface area (Å²) in [7, 11) is 1.52.